The van der Waals surface area contributed by atoms with Gasteiger partial charge in [-0.05, 0) is 32.0 Å². The number of nitrogens with one attached hydrogen (secondary N) is 1. The summed E-state index contributed by atoms with van der Waals surface area (Å²) in [5, 5.41) is 13.1. The zero-order chi connectivity index (χ0) is 26.2. The Hall–Kier alpha value is -3.52. The number of nitro benzene ring substituents is 1. The number of rotatable bonds is 6. The molecule has 0 atom stereocenters. The minimum Gasteiger partial charge on any atom is -0.433 e. The number of carbonyl (C=O) groups excluding carboxylic acids is 1. The van der Waals surface area contributed by atoms with Crippen molar-refractivity contribution >= 4 is 17.3 Å². The molecule has 1 N–H and O–H groups in total. The summed E-state index contributed by atoms with van der Waals surface area (Å²) in [6.07, 6.45) is -13.0. The molecular weight excluding hydrogens is 491 g/mol. The van der Waals surface area contributed by atoms with Gasteiger partial charge in [-0.3, -0.25) is 14.9 Å². The Kier molecular flexibility index (Phi) is 7.09. The second-order valence-electron chi connectivity index (χ2n) is 6.86. The van der Waals surface area contributed by atoms with Crippen molar-refractivity contribution in [1.29, 1.82) is 0 Å². The van der Waals surface area contributed by atoms with Crippen LogP contribution in [0.5, 0.6) is 5.75 Å². The molecule has 0 aliphatic rings. The first-order chi connectivity index (χ1) is 15.4. The van der Waals surface area contributed by atoms with Crippen molar-refractivity contribution < 1.29 is 54.0 Å². The SMILES string of the molecule is Cc1ccc(C(=O)Nc2ccc(C(F)(C(F)(F)F)C(F)(F)F)cc2OC(F)F)c(C)c1[N+](=O)[O-]. The summed E-state index contributed by atoms with van der Waals surface area (Å²) in [6.45, 7) is -1.23. The molecule has 6 nitrogen and oxygen atoms in total. The van der Waals surface area contributed by atoms with Gasteiger partial charge in [-0.25, -0.2) is 4.39 Å². The highest BCUT2D eigenvalue weighted by Crippen LogP contribution is 2.54. The van der Waals surface area contributed by atoms with Gasteiger partial charge in [-0.1, -0.05) is 12.1 Å². The quantitative estimate of drug-likeness (QED) is 0.282. The highest BCUT2D eigenvalue weighted by Gasteiger charge is 2.73. The van der Waals surface area contributed by atoms with Crippen molar-refractivity contribution in [2.24, 2.45) is 0 Å². The maximum Gasteiger partial charge on any atom is 0.435 e. The van der Waals surface area contributed by atoms with Gasteiger partial charge in [-0.15, -0.1) is 0 Å². The van der Waals surface area contributed by atoms with E-state index in [1.807, 2.05) is 5.32 Å². The molecule has 0 fully saturated rings. The van der Waals surface area contributed by atoms with Crippen molar-refractivity contribution in [2.45, 2.75) is 38.5 Å². The van der Waals surface area contributed by atoms with Gasteiger partial charge in [0.1, 0.15) is 5.75 Å². The number of anilines is 1. The van der Waals surface area contributed by atoms with Gasteiger partial charge in [0.2, 0.25) is 0 Å². The minimum atomic E-state index is -6.52. The van der Waals surface area contributed by atoms with Crippen LogP contribution in [0.1, 0.15) is 27.0 Å². The monoisotopic (exact) mass is 504 g/mol. The van der Waals surface area contributed by atoms with Crippen LogP contribution in [0.15, 0.2) is 30.3 Å². The van der Waals surface area contributed by atoms with Crippen LogP contribution in [-0.2, 0) is 5.67 Å². The fourth-order valence-electron chi connectivity index (χ4n) is 3.07. The third kappa shape index (κ3) is 4.87. The molecule has 0 saturated carbocycles. The van der Waals surface area contributed by atoms with E-state index in [2.05, 4.69) is 4.74 Å². The summed E-state index contributed by atoms with van der Waals surface area (Å²) in [7, 11) is 0. The molecule has 0 heterocycles. The first kappa shape index (κ1) is 26.7. The predicted octanol–water partition coefficient (Wildman–Crippen LogP) is 6.35. The fraction of sp³-hybridized carbons (Fsp3) is 0.316. The Morgan fingerprint density at radius 3 is 2.03 bits per heavy atom. The Balaban J connectivity index is 2.59. The molecule has 0 bridgehead atoms. The van der Waals surface area contributed by atoms with Crippen LogP contribution in [0.2, 0.25) is 0 Å². The summed E-state index contributed by atoms with van der Waals surface area (Å²) < 4.78 is 122. The van der Waals surface area contributed by atoms with E-state index >= 15 is 0 Å². The van der Waals surface area contributed by atoms with Crippen molar-refractivity contribution in [3.05, 3.63) is 62.7 Å². The molecule has 2 aromatic carbocycles. The van der Waals surface area contributed by atoms with Gasteiger partial charge in [0, 0.05) is 22.3 Å². The number of hydrogen-bond donors (Lipinski definition) is 1. The fourth-order valence-corrected chi connectivity index (χ4v) is 3.07. The van der Waals surface area contributed by atoms with E-state index in [-0.39, 0.29) is 28.8 Å². The summed E-state index contributed by atoms with van der Waals surface area (Å²) in [5.41, 5.74) is -9.70. The number of aryl methyl sites for hydroxylation is 1. The van der Waals surface area contributed by atoms with Crippen LogP contribution in [0.25, 0.3) is 0 Å². The predicted molar refractivity (Wildman–Crippen MR) is 98.5 cm³/mol. The Bertz CT molecular complexity index is 1100. The molecule has 15 heteroatoms. The first-order valence-electron chi connectivity index (χ1n) is 8.89. The first-order valence-corrected chi connectivity index (χ1v) is 8.89. The van der Waals surface area contributed by atoms with Crippen LogP contribution in [0.3, 0.4) is 0 Å². The number of hydrogen-bond acceptors (Lipinski definition) is 4. The van der Waals surface area contributed by atoms with Gasteiger partial charge >= 0.3 is 24.6 Å². The van der Waals surface area contributed by atoms with E-state index in [0.717, 1.165) is 6.07 Å². The Labute approximate surface area is 184 Å². The molecule has 0 aliphatic heterocycles. The summed E-state index contributed by atoms with van der Waals surface area (Å²) in [5.74, 6) is -2.60. The average molecular weight is 504 g/mol. The number of nitrogens with zero attached hydrogens (tertiary/aromatic N) is 1. The molecule has 0 spiro atoms. The smallest absolute Gasteiger partial charge is 0.433 e. The normalized spacial score (nSPS) is 12.6. The average Bonchev–Trinajstić information content (AvgIpc) is 2.66. The largest absolute Gasteiger partial charge is 0.435 e. The molecule has 1 amide bonds. The lowest BCUT2D eigenvalue weighted by molar-refractivity contribution is -0.386. The van der Waals surface area contributed by atoms with E-state index in [4.69, 9.17) is 0 Å². The highest BCUT2D eigenvalue weighted by molar-refractivity contribution is 6.06. The van der Waals surface area contributed by atoms with Gasteiger partial charge in [0.05, 0.1) is 10.6 Å². The minimum absolute atomic E-state index is 0.0145. The molecule has 0 radical (unpaired) electrons. The number of amides is 1. The van der Waals surface area contributed by atoms with Crippen molar-refractivity contribution in [2.75, 3.05) is 5.32 Å². The number of benzene rings is 2. The molecule has 34 heavy (non-hydrogen) atoms. The maximum atomic E-state index is 14.3. The third-order valence-corrected chi connectivity index (χ3v) is 4.68. The van der Waals surface area contributed by atoms with Gasteiger partial charge in [0.25, 0.3) is 11.6 Å². The number of halogens is 9. The van der Waals surface area contributed by atoms with Gasteiger partial charge in [0.15, 0.2) is 0 Å². The number of nitro groups is 1. The number of alkyl halides is 9. The van der Waals surface area contributed by atoms with E-state index in [9.17, 15) is 54.4 Å². The zero-order valence-corrected chi connectivity index (χ0v) is 16.9. The summed E-state index contributed by atoms with van der Waals surface area (Å²) in [6, 6.07) is 2.32. The standard InChI is InChI=1S/C19H13F9N2O4/c1-8-3-5-11(9(2)14(8)30(32)33)15(31)29-12-6-4-10(7-13(12)34-16(20)21)17(22,18(23,24)25)19(26,27)28/h3-7,16H,1-2H3,(H,29,31). The van der Waals surface area contributed by atoms with E-state index in [1.54, 1.807) is 0 Å². The molecule has 0 unspecified atom stereocenters. The van der Waals surface area contributed by atoms with E-state index < -0.39 is 58.2 Å². The molecule has 0 aliphatic carbocycles. The lowest BCUT2D eigenvalue weighted by Crippen LogP contribution is -2.50. The Morgan fingerprint density at radius 2 is 1.56 bits per heavy atom. The topological polar surface area (TPSA) is 81.5 Å². The van der Waals surface area contributed by atoms with Crippen molar-refractivity contribution in [1.82, 2.24) is 0 Å². The molecule has 186 valence electrons. The molecule has 0 aromatic heterocycles. The van der Waals surface area contributed by atoms with Gasteiger partial charge in [-0.2, -0.15) is 35.1 Å². The maximum absolute atomic E-state index is 14.3. The van der Waals surface area contributed by atoms with Crippen LogP contribution in [0.4, 0.5) is 50.9 Å². The molecule has 2 aromatic rings. The van der Waals surface area contributed by atoms with Crippen LogP contribution in [-0.4, -0.2) is 29.8 Å². The Morgan fingerprint density at radius 1 is 1.00 bits per heavy atom. The van der Waals surface area contributed by atoms with Crippen molar-refractivity contribution in [3.8, 4) is 5.75 Å². The number of ether oxygens (including phenoxy) is 1. The molecular formula is C19H13F9N2O4. The summed E-state index contributed by atoms with van der Waals surface area (Å²) in [4.78, 5) is 22.9. The van der Waals surface area contributed by atoms with E-state index in [1.165, 1.54) is 19.9 Å². The highest BCUT2D eigenvalue weighted by atomic mass is 19.4. The molecule has 0 saturated heterocycles. The second kappa shape index (κ2) is 9.02. The van der Waals surface area contributed by atoms with Crippen LogP contribution >= 0.6 is 0 Å². The van der Waals surface area contributed by atoms with Crippen LogP contribution in [0, 0.1) is 24.0 Å². The van der Waals surface area contributed by atoms with Crippen LogP contribution < -0.4 is 10.1 Å². The van der Waals surface area contributed by atoms with E-state index in [0.29, 0.717) is 6.07 Å². The lowest BCUT2D eigenvalue weighted by Gasteiger charge is -2.30. The van der Waals surface area contributed by atoms with Crippen molar-refractivity contribution in [3.63, 3.8) is 0 Å². The lowest BCUT2D eigenvalue weighted by atomic mass is 9.93. The number of carbonyl (C=O) groups is 1. The molecule has 2 rings (SSSR count). The van der Waals surface area contributed by atoms with Gasteiger partial charge < -0.3 is 10.1 Å². The summed E-state index contributed by atoms with van der Waals surface area (Å²) >= 11 is 0. The third-order valence-electron chi connectivity index (χ3n) is 4.68. The second-order valence-corrected chi connectivity index (χ2v) is 6.86. The zero-order valence-electron chi connectivity index (χ0n) is 16.9.